The number of methoxy groups -OCH3 is 1. The average molecular weight is 287 g/mol. The Balaban J connectivity index is 2.17. The maximum atomic E-state index is 6.19. The van der Waals surface area contributed by atoms with Crippen molar-refractivity contribution in [3.8, 4) is 0 Å². The van der Waals surface area contributed by atoms with Crippen molar-refractivity contribution in [1.29, 1.82) is 0 Å². The maximum Gasteiger partial charge on any atom is 0.0728 e. The summed E-state index contributed by atoms with van der Waals surface area (Å²) in [4.78, 5) is 0. The van der Waals surface area contributed by atoms with Gasteiger partial charge in [-0.1, -0.05) is 20.8 Å². The van der Waals surface area contributed by atoms with Gasteiger partial charge in [-0.2, -0.15) is 0 Å². The van der Waals surface area contributed by atoms with Gasteiger partial charge in [-0.15, -0.1) is 0 Å². The van der Waals surface area contributed by atoms with Gasteiger partial charge in [0.1, 0.15) is 0 Å². The Hall–Kier alpha value is -0.160. The zero-order valence-electron chi connectivity index (χ0n) is 13.7. The van der Waals surface area contributed by atoms with E-state index in [1.54, 1.807) is 7.11 Å². The minimum absolute atomic E-state index is 0.197. The third-order valence-electron chi connectivity index (χ3n) is 4.26. The van der Waals surface area contributed by atoms with Crippen LogP contribution in [-0.4, -0.2) is 45.7 Å². The van der Waals surface area contributed by atoms with Crippen LogP contribution in [0.5, 0.6) is 0 Å². The second-order valence-corrected chi connectivity index (χ2v) is 6.91. The summed E-state index contributed by atoms with van der Waals surface area (Å²) in [5.41, 5.74) is 6.54. The summed E-state index contributed by atoms with van der Waals surface area (Å²) in [5.74, 6) is 0.713. The van der Waals surface area contributed by atoms with Crippen molar-refractivity contribution in [2.24, 2.45) is 17.1 Å². The first-order valence-electron chi connectivity index (χ1n) is 7.89. The molecule has 0 aromatic heterocycles. The second kappa shape index (κ2) is 8.98. The van der Waals surface area contributed by atoms with E-state index in [-0.39, 0.29) is 12.1 Å². The molecule has 0 bridgehead atoms. The van der Waals surface area contributed by atoms with Gasteiger partial charge in [0, 0.05) is 26.4 Å². The van der Waals surface area contributed by atoms with E-state index in [0.29, 0.717) is 24.5 Å². The smallest absolute Gasteiger partial charge is 0.0728 e. The fourth-order valence-electron chi connectivity index (χ4n) is 2.77. The molecular formula is C16H33NO3. The van der Waals surface area contributed by atoms with E-state index in [2.05, 4.69) is 20.8 Å². The topological polar surface area (TPSA) is 53.7 Å². The van der Waals surface area contributed by atoms with Gasteiger partial charge in [0.15, 0.2) is 0 Å². The van der Waals surface area contributed by atoms with Crippen molar-refractivity contribution in [2.45, 2.75) is 58.6 Å². The van der Waals surface area contributed by atoms with Gasteiger partial charge in [-0.3, -0.25) is 0 Å². The van der Waals surface area contributed by atoms with Crippen LogP contribution in [0.25, 0.3) is 0 Å². The zero-order valence-corrected chi connectivity index (χ0v) is 13.7. The van der Waals surface area contributed by atoms with E-state index in [4.69, 9.17) is 19.9 Å². The van der Waals surface area contributed by atoms with Gasteiger partial charge in [0.05, 0.1) is 19.3 Å². The molecule has 1 saturated carbocycles. The van der Waals surface area contributed by atoms with Crippen LogP contribution in [0.2, 0.25) is 0 Å². The van der Waals surface area contributed by atoms with E-state index in [0.717, 1.165) is 32.5 Å². The highest BCUT2D eigenvalue weighted by atomic mass is 16.5. The van der Waals surface area contributed by atoms with Crippen LogP contribution in [0.15, 0.2) is 0 Å². The van der Waals surface area contributed by atoms with Crippen LogP contribution < -0.4 is 5.73 Å². The predicted octanol–water partition coefficient (Wildman–Crippen LogP) is 2.60. The van der Waals surface area contributed by atoms with Crippen molar-refractivity contribution in [3.63, 3.8) is 0 Å². The molecule has 0 amide bonds. The molecule has 2 N–H and O–H groups in total. The van der Waals surface area contributed by atoms with Gasteiger partial charge in [-0.05, 0) is 37.0 Å². The van der Waals surface area contributed by atoms with Crippen molar-refractivity contribution >= 4 is 0 Å². The van der Waals surface area contributed by atoms with Crippen molar-refractivity contribution in [3.05, 3.63) is 0 Å². The minimum atomic E-state index is 0.197. The highest BCUT2D eigenvalue weighted by molar-refractivity contribution is 4.88. The molecule has 0 aliphatic heterocycles. The van der Waals surface area contributed by atoms with Crippen LogP contribution in [0.3, 0.4) is 0 Å². The molecule has 20 heavy (non-hydrogen) atoms. The lowest BCUT2D eigenvalue weighted by molar-refractivity contribution is -0.0278. The Morgan fingerprint density at radius 3 is 2.45 bits per heavy atom. The van der Waals surface area contributed by atoms with Crippen LogP contribution in [0.4, 0.5) is 0 Å². The molecular weight excluding hydrogens is 254 g/mol. The molecule has 0 heterocycles. The molecule has 3 atom stereocenters. The van der Waals surface area contributed by atoms with Gasteiger partial charge in [0.2, 0.25) is 0 Å². The molecule has 0 radical (unpaired) electrons. The first kappa shape index (κ1) is 17.9. The van der Waals surface area contributed by atoms with Gasteiger partial charge >= 0.3 is 0 Å². The lowest BCUT2D eigenvalue weighted by Crippen LogP contribution is -2.44. The van der Waals surface area contributed by atoms with Crippen molar-refractivity contribution in [1.82, 2.24) is 0 Å². The van der Waals surface area contributed by atoms with E-state index < -0.39 is 0 Å². The number of nitrogens with two attached hydrogens (primary N) is 1. The van der Waals surface area contributed by atoms with Crippen LogP contribution in [-0.2, 0) is 14.2 Å². The molecule has 4 heteroatoms. The summed E-state index contributed by atoms with van der Waals surface area (Å²) < 4.78 is 16.3. The lowest BCUT2D eigenvalue weighted by atomic mass is 9.70. The third-order valence-corrected chi connectivity index (χ3v) is 4.26. The van der Waals surface area contributed by atoms with Gasteiger partial charge < -0.3 is 19.9 Å². The fourth-order valence-corrected chi connectivity index (χ4v) is 2.77. The first-order valence-corrected chi connectivity index (χ1v) is 7.89. The van der Waals surface area contributed by atoms with Crippen molar-refractivity contribution in [2.75, 3.05) is 33.5 Å². The Bertz CT molecular complexity index is 253. The van der Waals surface area contributed by atoms with Gasteiger partial charge in [-0.25, -0.2) is 0 Å². The zero-order chi connectivity index (χ0) is 15.0. The molecule has 1 fully saturated rings. The van der Waals surface area contributed by atoms with Crippen LogP contribution >= 0.6 is 0 Å². The quantitative estimate of drug-likeness (QED) is 0.697. The molecule has 3 unspecified atom stereocenters. The Labute approximate surface area is 124 Å². The molecule has 120 valence electrons. The summed E-state index contributed by atoms with van der Waals surface area (Å²) in [6.45, 7) is 9.73. The van der Waals surface area contributed by atoms with Crippen molar-refractivity contribution < 1.29 is 14.2 Å². The Morgan fingerprint density at radius 1 is 1.05 bits per heavy atom. The Kier molecular flexibility index (Phi) is 8.03. The van der Waals surface area contributed by atoms with E-state index in [1.807, 2.05) is 0 Å². The summed E-state index contributed by atoms with van der Waals surface area (Å²) in [6, 6.07) is 0.197. The van der Waals surface area contributed by atoms with Crippen LogP contribution in [0, 0.1) is 11.3 Å². The summed E-state index contributed by atoms with van der Waals surface area (Å²) >= 11 is 0. The maximum absolute atomic E-state index is 6.19. The summed E-state index contributed by atoms with van der Waals surface area (Å²) in [6.07, 6.45) is 4.54. The molecule has 0 aromatic rings. The molecule has 0 aromatic carbocycles. The molecule has 1 aliphatic rings. The SMILES string of the molecule is COCCOCCCOC1CC(C(C)(C)C)CCC1N. The highest BCUT2D eigenvalue weighted by Crippen LogP contribution is 2.38. The number of hydrogen-bond donors (Lipinski definition) is 1. The largest absolute Gasteiger partial charge is 0.382 e. The minimum Gasteiger partial charge on any atom is -0.382 e. The monoisotopic (exact) mass is 287 g/mol. The van der Waals surface area contributed by atoms with Crippen LogP contribution in [0.1, 0.15) is 46.5 Å². The molecule has 4 nitrogen and oxygen atoms in total. The Morgan fingerprint density at radius 2 is 1.80 bits per heavy atom. The molecule has 1 aliphatic carbocycles. The fraction of sp³-hybridized carbons (Fsp3) is 1.00. The standard InChI is InChI=1S/C16H33NO3/c1-16(2,3)13-6-7-14(17)15(12-13)20-9-5-8-19-11-10-18-4/h13-15H,5-12,17H2,1-4H3. The molecule has 0 saturated heterocycles. The average Bonchev–Trinajstić information content (AvgIpc) is 2.38. The lowest BCUT2D eigenvalue weighted by Gasteiger charge is -2.40. The first-order chi connectivity index (χ1) is 9.45. The molecule has 1 rings (SSSR count). The second-order valence-electron chi connectivity index (χ2n) is 6.91. The highest BCUT2D eigenvalue weighted by Gasteiger charge is 2.34. The predicted molar refractivity (Wildman–Crippen MR) is 81.8 cm³/mol. The van der Waals surface area contributed by atoms with E-state index >= 15 is 0 Å². The van der Waals surface area contributed by atoms with E-state index in [9.17, 15) is 0 Å². The number of ether oxygens (including phenoxy) is 3. The summed E-state index contributed by atoms with van der Waals surface area (Å²) in [5, 5.41) is 0. The molecule has 0 spiro atoms. The van der Waals surface area contributed by atoms with E-state index in [1.165, 1.54) is 6.42 Å². The van der Waals surface area contributed by atoms with Gasteiger partial charge in [0.25, 0.3) is 0 Å². The normalized spacial score (nSPS) is 27.8. The third kappa shape index (κ3) is 6.53. The number of rotatable bonds is 8. The number of hydrogen-bond acceptors (Lipinski definition) is 4. The summed E-state index contributed by atoms with van der Waals surface area (Å²) in [7, 11) is 1.68.